The van der Waals surface area contributed by atoms with Crippen LogP contribution in [-0.4, -0.2) is 21.1 Å². The number of nitrogens with one attached hydrogen (secondary N) is 1. The number of hydrogen-bond acceptors (Lipinski definition) is 5. The monoisotopic (exact) mass is 465 g/mol. The van der Waals surface area contributed by atoms with Gasteiger partial charge in [-0.3, -0.25) is 0 Å². The van der Waals surface area contributed by atoms with Gasteiger partial charge in [-0.05, 0) is 52.4 Å². The summed E-state index contributed by atoms with van der Waals surface area (Å²) in [5.74, 6) is 2.03. The summed E-state index contributed by atoms with van der Waals surface area (Å²) >= 11 is 0. The van der Waals surface area contributed by atoms with Crippen LogP contribution in [0.1, 0.15) is 33.7 Å². The Bertz CT molecular complexity index is 1330. The van der Waals surface area contributed by atoms with E-state index in [1.165, 1.54) is 12.1 Å². The normalized spacial score (nSPS) is 12.4. The Morgan fingerprint density at radius 2 is 1.70 bits per heavy atom. The molecule has 168 valence electrons. The Morgan fingerprint density at radius 1 is 1.09 bits per heavy atom. The highest BCUT2D eigenvalue weighted by Gasteiger charge is 2.29. The number of rotatable bonds is 6. The molecule has 33 heavy (non-hydrogen) atoms. The van der Waals surface area contributed by atoms with E-state index in [2.05, 4.69) is 15.4 Å². The van der Waals surface area contributed by atoms with Gasteiger partial charge in [0.2, 0.25) is 0 Å². The third kappa shape index (κ3) is 4.83. The smallest absolute Gasteiger partial charge is 0.449 e. The molecule has 0 aromatic heterocycles. The van der Waals surface area contributed by atoms with Gasteiger partial charge in [0.25, 0.3) is 0 Å². The number of alkyl carbamates (subject to hydrolysis) is 1. The lowest BCUT2D eigenvalue weighted by Gasteiger charge is -2.15. The second-order valence-electron chi connectivity index (χ2n) is 7.55. The van der Waals surface area contributed by atoms with Gasteiger partial charge < -0.3 is 14.2 Å². The molecule has 0 unspecified atom stereocenters. The van der Waals surface area contributed by atoms with Crippen LogP contribution in [-0.2, 0) is 21.8 Å². The van der Waals surface area contributed by atoms with E-state index >= 15 is 0 Å². The number of benzene rings is 3. The number of halogens is 1. The number of carbonyl (C=O) groups is 1. The molecule has 6 nitrogen and oxygen atoms in total. The summed E-state index contributed by atoms with van der Waals surface area (Å²) in [5, 5.41) is 2.62. The van der Waals surface area contributed by atoms with Gasteiger partial charge in [-0.15, -0.1) is 6.42 Å². The van der Waals surface area contributed by atoms with Crippen LogP contribution in [0.4, 0.5) is 8.68 Å². The highest BCUT2D eigenvalue weighted by molar-refractivity contribution is 7.81. The predicted octanol–water partition coefficient (Wildman–Crippen LogP) is 4.61. The van der Waals surface area contributed by atoms with Gasteiger partial charge in [-0.2, -0.15) is 8.42 Å². The van der Waals surface area contributed by atoms with E-state index in [4.69, 9.17) is 11.2 Å². The van der Waals surface area contributed by atoms with E-state index in [1.807, 2.05) is 48.5 Å². The lowest BCUT2D eigenvalue weighted by molar-refractivity contribution is 0.142. The molecule has 0 bridgehead atoms. The molecule has 1 amide bonds. The van der Waals surface area contributed by atoms with E-state index in [-0.39, 0.29) is 24.8 Å². The van der Waals surface area contributed by atoms with Crippen molar-refractivity contribution < 1.29 is 26.0 Å². The SMILES string of the molecule is C#Cc1cc(OS(=O)(=O)F)cc(CNC(=O)OCC2c3ccccc3-c3ccccc32)c1C. The van der Waals surface area contributed by atoms with E-state index in [9.17, 15) is 17.1 Å². The van der Waals surface area contributed by atoms with Gasteiger partial charge >= 0.3 is 16.6 Å². The molecule has 0 saturated carbocycles. The fourth-order valence-corrected chi connectivity index (χ4v) is 4.38. The highest BCUT2D eigenvalue weighted by Crippen LogP contribution is 2.44. The number of hydrogen-bond donors (Lipinski definition) is 1. The average Bonchev–Trinajstić information content (AvgIpc) is 3.10. The van der Waals surface area contributed by atoms with Crippen LogP contribution >= 0.6 is 0 Å². The third-order valence-electron chi connectivity index (χ3n) is 5.61. The predicted molar refractivity (Wildman–Crippen MR) is 122 cm³/mol. The van der Waals surface area contributed by atoms with Crippen molar-refractivity contribution in [3.8, 4) is 29.2 Å². The van der Waals surface area contributed by atoms with E-state index < -0.39 is 16.6 Å². The van der Waals surface area contributed by atoms with E-state index in [0.29, 0.717) is 16.7 Å². The van der Waals surface area contributed by atoms with Crippen molar-refractivity contribution in [2.45, 2.75) is 19.4 Å². The minimum atomic E-state index is -5.21. The van der Waals surface area contributed by atoms with E-state index in [1.54, 1.807) is 6.92 Å². The zero-order valence-corrected chi connectivity index (χ0v) is 18.5. The Hall–Kier alpha value is -3.83. The molecule has 8 heteroatoms. The first-order valence-corrected chi connectivity index (χ1v) is 11.4. The van der Waals surface area contributed by atoms with Crippen LogP contribution in [0.3, 0.4) is 0 Å². The average molecular weight is 466 g/mol. The molecule has 0 spiro atoms. The quantitative estimate of drug-likeness (QED) is 0.425. The standard InChI is InChI=1S/C25H20FNO5S/c1-3-17-12-19(32-33(26,29)30)13-18(16(17)2)14-27-25(28)31-15-24-22-10-6-4-8-20(22)21-9-5-7-11-23(21)24/h1,4-13,24H,14-15H2,2H3,(H,27,28). The zero-order chi connectivity index (χ0) is 23.6. The summed E-state index contributed by atoms with van der Waals surface area (Å²) in [7, 11) is -5.21. The first-order valence-electron chi connectivity index (χ1n) is 10.1. The fraction of sp³-hybridized carbons (Fsp3) is 0.160. The second-order valence-corrected chi connectivity index (χ2v) is 8.51. The third-order valence-corrected chi connectivity index (χ3v) is 6.00. The Kier molecular flexibility index (Phi) is 6.07. The minimum Gasteiger partial charge on any atom is -0.449 e. The van der Waals surface area contributed by atoms with Gasteiger partial charge in [0.1, 0.15) is 12.4 Å². The van der Waals surface area contributed by atoms with Gasteiger partial charge in [0.15, 0.2) is 0 Å². The number of ether oxygens (including phenoxy) is 1. The summed E-state index contributed by atoms with van der Waals surface area (Å²) < 4.78 is 44.3. The molecule has 0 saturated heterocycles. The highest BCUT2D eigenvalue weighted by atomic mass is 32.3. The maximum absolute atomic E-state index is 12.9. The van der Waals surface area contributed by atoms with Crippen LogP contribution in [0.5, 0.6) is 5.75 Å². The largest absolute Gasteiger partial charge is 0.488 e. The molecule has 3 aromatic carbocycles. The van der Waals surface area contributed by atoms with Gasteiger partial charge in [-0.25, -0.2) is 4.79 Å². The van der Waals surface area contributed by atoms with Crippen molar-refractivity contribution in [1.82, 2.24) is 5.32 Å². The molecule has 0 aliphatic heterocycles. The number of fused-ring (bicyclic) bond motifs is 3. The van der Waals surface area contributed by atoms with Crippen molar-refractivity contribution in [1.29, 1.82) is 0 Å². The molecule has 1 aliphatic carbocycles. The summed E-state index contributed by atoms with van der Waals surface area (Å²) in [5.41, 5.74) is 5.85. The zero-order valence-electron chi connectivity index (χ0n) is 17.7. The maximum atomic E-state index is 12.9. The van der Waals surface area contributed by atoms with Crippen LogP contribution in [0.2, 0.25) is 0 Å². The molecule has 4 rings (SSSR count). The summed E-state index contributed by atoms with van der Waals surface area (Å²) in [6.07, 6.45) is 4.79. The van der Waals surface area contributed by atoms with Gasteiger partial charge in [-0.1, -0.05) is 58.3 Å². The summed E-state index contributed by atoms with van der Waals surface area (Å²) in [4.78, 5) is 12.4. The van der Waals surface area contributed by atoms with Crippen molar-refractivity contribution >= 4 is 16.6 Å². The minimum absolute atomic E-state index is 0.0132. The number of carbonyl (C=O) groups excluding carboxylic acids is 1. The Morgan fingerprint density at radius 3 is 2.27 bits per heavy atom. The summed E-state index contributed by atoms with van der Waals surface area (Å²) in [6.45, 7) is 1.84. The molecule has 0 radical (unpaired) electrons. The molecular formula is C25H20FNO5S. The van der Waals surface area contributed by atoms with Gasteiger partial charge in [0, 0.05) is 18.0 Å². The molecule has 0 atom stereocenters. The van der Waals surface area contributed by atoms with Gasteiger partial charge in [0.05, 0.1) is 0 Å². The topological polar surface area (TPSA) is 81.7 Å². The summed E-state index contributed by atoms with van der Waals surface area (Å²) in [6, 6.07) is 18.5. The molecule has 3 aromatic rings. The first-order chi connectivity index (χ1) is 15.8. The molecular weight excluding hydrogens is 445 g/mol. The van der Waals surface area contributed by atoms with Crippen LogP contribution < -0.4 is 9.50 Å². The lowest BCUT2D eigenvalue weighted by Crippen LogP contribution is -2.26. The molecule has 0 fully saturated rings. The molecule has 1 N–H and O–H groups in total. The van der Waals surface area contributed by atoms with Crippen molar-refractivity contribution in [3.05, 3.63) is 88.5 Å². The van der Waals surface area contributed by atoms with E-state index in [0.717, 1.165) is 22.3 Å². The van der Waals surface area contributed by atoms with Crippen LogP contribution in [0.15, 0.2) is 60.7 Å². The van der Waals surface area contributed by atoms with Crippen LogP contribution in [0, 0.1) is 19.3 Å². The Balaban J connectivity index is 1.45. The van der Waals surface area contributed by atoms with Crippen molar-refractivity contribution in [2.75, 3.05) is 6.61 Å². The lowest BCUT2D eigenvalue weighted by atomic mass is 9.98. The maximum Gasteiger partial charge on any atom is 0.488 e. The second kappa shape index (κ2) is 8.96. The van der Waals surface area contributed by atoms with Crippen LogP contribution in [0.25, 0.3) is 11.1 Å². The molecule has 1 aliphatic rings. The first kappa shape index (κ1) is 22.4. The Labute approximate surface area is 191 Å². The van der Waals surface area contributed by atoms with Crippen molar-refractivity contribution in [2.24, 2.45) is 0 Å². The van der Waals surface area contributed by atoms with Crippen molar-refractivity contribution in [3.63, 3.8) is 0 Å². The number of amides is 1. The molecule has 0 heterocycles. The number of terminal acetylenes is 1. The fourth-order valence-electron chi connectivity index (χ4n) is 4.06.